The maximum Gasteiger partial charge on any atom is 0.244 e. The number of aromatic nitrogens is 2. The van der Waals surface area contributed by atoms with Crippen LogP contribution in [-0.2, 0) is 16.6 Å². The molecule has 0 saturated heterocycles. The molecule has 0 spiro atoms. The Labute approximate surface area is 129 Å². The predicted octanol–water partition coefficient (Wildman–Crippen LogP) is 1.72. The van der Waals surface area contributed by atoms with Gasteiger partial charge in [0.1, 0.15) is 4.90 Å². The second kappa shape index (κ2) is 7.17. The number of nitrogens with zero attached hydrogens (tertiary/aromatic N) is 2. The van der Waals surface area contributed by atoms with Gasteiger partial charge >= 0.3 is 0 Å². The number of hydrogen-bond acceptors (Lipinski definition) is 5. The molecule has 2 heterocycles. The van der Waals surface area contributed by atoms with E-state index in [1.54, 1.807) is 22.2 Å². The van der Waals surface area contributed by atoms with E-state index in [1.807, 2.05) is 24.4 Å². The number of nitrogens with two attached hydrogens (primary N) is 1. The number of thiophene rings is 1. The molecule has 3 N–H and O–H groups in total. The zero-order valence-electron chi connectivity index (χ0n) is 11.9. The van der Waals surface area contributed by atoms with Crippen molar-refractivity contribution < 1.29 is 8.42 Å². The smallest absolute Gasteiger partial charge is 0.244 e. The van der Waals surface area contributed by atoms with E-state index in [2.05, 4.69) is 9.82 Å². The third-order valence-corrected chi connectivity index (χ3v) is 5.52. The average Bonchev–Trinajstić information content (AvgIpc) is 3.13. The van der Waals surface area contributed by atoms with E-state index in [9.17, 15) is 8.42 Å². The van der Waals surface area contributed by atoms with E-state index in [-0.39, 0.29) is 10.9 Å². The van der Waals surface area contributed by atoms with Gasteiger partial charge in [0.15, 0.2) is 0 Å². The van der Waals surface area contributed by atoms with Gasteiger partial charge in [-0.3, -0.25) is 4.68 Å². The van der Waals surface area contributed by atoms with Gasteiger partial charge in [-0.1, -0.05) is 13.0 Å². The zero-order valence-corrected chi connectivity index (χ0v) is 13.5. The lowest BCUT2D eigenvalue weighted by atomic mass is 10.2. The molecule has 21 heavy (non-hydrogen) atoms. The van der Waals surface area contributed by atoms with Crippen LogP contribution in [0.25, 0.3) is 0 Å². The summed E-state index contributed by atoms with van der Waals surface area (Å²) >= 11 is 1.55. The molecule has 2 aromatic heterocycles. The molecule has 0 aromatic carbocycles. The molecule has 0 aliphatic carbocycles. The van der Waals surface area contributed by atoms with Crippen molar-refractivity contribution in [2.45, 2.75) is 37.2 Å². The van der Waals surface area contributed by atoms with Crippen molar-refractivity contribution in [3.05, 3.63) is 34.8 Å². The fraction of sp³-hybridized carbons (Fsp3) is 0.462. The highest BCUT2D eigenvalue weighted by Crippen LogP contribution is 2.23. The van der Waals surface area contributed by atoms with E-state index in [0.717, 1.165) is 11.3 Å². The van der Waals surface area contributed by atoms with E-state index in [1.165, 1.54) is 6.20 Å². The second-order valence-corrected chi connectivity index (χ2v) is 7.37. The summed E-state index contributed by atoms with van der Waals surface area (Å²) in [5.41, 5.74) is 5.44. The first-order valence-electron chi connectivity index (χ1n) is 6.85. The summed E-state index contributed by atoms with van der Waals surface area (Å²) in [6, 6.07) is 3.65. The Balaban J connectivity index is 2.12. The summed E-state index contributed by atoms with van der Waals surface area (Å²) in [6.45, 7) is 3.13. The quantitative estimate of drug-likeness (QED) is 0.772. The third-order valence-electron chi connectivity index (χ3n) is 3.10. The maximum absolute atomic E-state index is 12.4. The molecule has 0 aliphatic rings. The lowest BCUT2D eigenvalue weighted by Crippen LogP contribution is -2.27. The minimum Gasteiger partial charge on any atom is -0.330 e. The molecule has 0 fully saturated rings. The fourth-order valence-electron chi connectivity index (χ4n) is 1.95. The molecule has 0 saturated carbocycles. The van der Waals surface area contributed by atoms with Crippen LogP contribution in [0.3, 0.4) is 0 Å². The lowest BCUT2D eigenvalue weighted by molar-refractivity contribution is 0.552. The Bertz CT molecular complexity index is 650. The number of rotatable bonds is 8. The van der Waals surface area contributed by atoms with Crippen LogP contribution in [0.2, 0.25) is 0 Å². The zero-order chi connectivity index (χ0) is 15.3. The van der Waals surface area contributed by atoms with Crippen molar-refractivity contribution in [3.63, 3.8) is 0 Å². The molecule has 0 bridgehead atoms. The van der Waals surface area contributed by atoms with Crippen molar-refractivity contribution in [1.29, 1.82) is 0 Å². The summed E-state index contributed by atoms with van der Waals surface area (Å²) < 4.78 is 29.1. The molecule has 2 rings (SSSR count). The van der Waals surface area contributed by atoms with Gasteiger partial charge in [-0.15, -0.1) is 11.3 Å². The standard InChI is InChI=1S/C13H20N4O2S2/c1-2-12(13-5-3-8-20-13)16-21(18,19)11-9-15-17(10-11)7-4-6-14/h3,5,8-10,12,16H,2,4,6-7,14H2,1H3. The van der Waals surface area contributed by atoms with Crippen molar-refractivity contribution in [1.82, 2.24) is 14.5 Å². The van der Waals surface area contributed by atoms with Crippen LogP contribution in [-0.4, -0.2) is 24.7 Å². The molecule has 0 amide bonds. The van der Waals surface area contributed by atoms with Crippen LogP contribution in [0.15, 0.2) is 34.8 Å². The summed E-state index contributed by atoms with van der Waals surface area (Å²) in [5, 5.41) is 6.00. The highest BCUT2D eigenvalue weighted by atomic mass is 32.2. The average molecular weight is 328 g/mol. The molecule has 6 nitrogen and oxygen atoms in total. The summed E-state index contributed by atoms with van der Waals surface area (Å²) in [7, 11) is -3.56. The van der Waals surface area contributed by atoms with Gasteiger partial charge in [0.2, 0.25) is 10.0 Å². The third kappa shape index (κ3) is 4.13. The molecule has 1 atom stereocenters. The highest BCUT2D eigenvalue weighted by Gasteiger charge is 2.22. The van der Waals surface area contributed by atoms with Crippen molar-refractivity contribution in [2.24, 2.45) is 5.73 Å². The van der Waals surface area contributed by atoms with Crippen LogP contribution in [0.4, 0.5) is 0 Å². The van der Waals surface area contributed by atoms with Gasteiger partial charge in [-0.05, 0) is 30.8 Å². The summed E-state index contributed by atoms with van der Waals surface area (Å²) in [5.74, 6) is 0. The van der Waals surface area contributed by atoms with Crippen LogP contribution in [0.1, 0.15) is 30.7 Å². The Hall–Kier alpha value is -1.22. The van der Waals surface area contributed by atoms with Gasteiger partial charge in [-0.25, -0.2) is 13.1 Å². The monoisotopic (exact) mass is 328 g/mol. The minimum atomic E-state index is -3.56. The Kier molecular flexibility index (Phi) is 5.51. The topological polar surface area (TPSA) is 90.0 Å². The number of aryl methyl sites for hydroxylation is 1. The van der Waals surface area contributed by atoms with Gasteiger partial charge < -0.3 is 5.73 Å². The van der Waals surface area contributed by atoms with Gasteiger partial charge in [-0.2, -0.15) is 5.10 Å². The molecular weight excluding hydrogens is 308 g/mol. The minimum absolute atomic E-state index is 0.189. The Morgan fingerprint density at radius 3 is 2.95 bits per heavy atom. The molecule has 0 aliphatic heterocycles. The van der Waals surface area contributed by atoms with E-state index < -0.39 is 10.0 Å². The van der Waals surface area contributed by atoms with E-state index in [4.69, 9.17) is 5.73 Å². The second-order valence-electron chi connectivity index (χ2n) is 4.68. The van der Waals surface area contributed by atoms with Crippen molar-refractivity contribution in [2.75, 3.05) is 6.54 Å². The first-order chi connectivity index (χ1) is 10.1. The molecule has 8 heteroatoms. The van der Waals surface area contributed by atoms with Gasteiger partial charge in [0, 0.05) is 17.6 Å². The fourth-order valence-corrected chi connectivity index (χ4v) is 4.13. The molecule has 116 valence electrons. The van der Waals surface area contributed by atoms with E-state index >= 15 is 0 Å². The van der Waals surface area contributed by atoms with Gasteiger partial charge in [0.05, 0.1) is 12.2 Å². The highest BCUT2D eigenvalue weighted by molar-refractivity contribution is 7.89. The summed E-state index contributed by atoms with van der Waals surface area (Å²) in [6.07, 6.45) is 4.38. The maximum atomic E-state index is 12.4. The SMILES string of the molecule is CCC(NS(=O)(=O)c1cnn(CCCN)c1)c1cccs1. The van der Waals surface area contributed by atoms with Crippen LogP contribution in [0.5, 0.6) is 0 Å². The summed E-state index contributed by atoms with van der Waals surface area (Å²) in [4.78, 5) is 1.20. The number of sulfonamides is 1. The largest absolute Gasteiger partial charge is 0.330 e. The van der Waals surface area contributed by atoms with Gasteiger partial charge in [0.25, 0.3) is 0 Å². The predicted molar refractivity (Wildman–Crippen MR) is 83.6 cm³/mol. The van der Waals surface area contributed by atoms with Crippen molar-refractivity contribution in [3.8, 4) is 0 Å². The lowest BCUT2D eigenvalue weighted by Gasteiger charge is -2.14. The number of hydrogen-bond donors (Lipinski definition) is 2. The Morgan fingerprint density at radius 2 is 2.33 bits per heavy atom. The number of nitrogens with one attached hydrogen (secondary N) is 1. The first kappa shape index (κ1) is 16.2. The van der Waals surface area contributed by atoms with Crippen LogP contribution >= 0.6 is 11.3 Å². The van der Waals surface area contributed by atoms with E-state index in [0.29, 0.717) is 19.5 Å². The van der Waals surface area contributed by atoms with Crippen molar-refractivity contribution >= 4 is 21.4 Å². The first-order valence-corrected chi connectivity index (χ1v) is 9.21. The molecular formula is C13H20N4O2S2. The van der Waals surface area contributed by atoms with Crippen LogP contribution in [0, 0.1) is 0 Å². The normalized spacial score (nSPS) is 13.4. The molecule has 1 unspecified atom stereocenters. The Morgan fingerprint density at radius 1 is 1.52 bits per heavy atom. The molecule has 0 radical (unpaired) electrons. The van der Waals surface area contributed by atoms with Crippen LogP contribution < -0.4 is 10.5 Å². The molecule has 2 aromatic rings.